The van der Waals surface area contributed by atoms with E-state index < -0.39 is 31.9 Å². The van der Waals surface area contributed by atoms with Crippen LogP contribution in [0.5, 0.6) is 0 Å². The molecule has 0 spiro atoms. The minimum absolute atomic E-state index is 0.207. The lowest BCUT2D eigenvalue weighted by Crippen LogP contribution is -2.41. The van der Waals surface area contributed by atoms with Crippen LogP contribution in [0.15, 0.2) is 18.2 Å². The van der Waals surface area contributed by atoms with Gasteiger partial charge in [0, 0.05) is 14.2 Å². The minimum Gasteiger partial charge on any atom is -0.465 e. The third-order valence-electron chi connectivity index (χ3n) is 4.68. The van der Waals surface area contributed by atoms with Crippen molar-refractivity contribution in [1.29, 1.82) is 0 Å². The molecule has 0 bridgehead atoms. The number of carbonyl (C=O) groups is 1. The Bertz CT molecular complexity index is 692. The van der Waals surface area contributed by atoms with Gasteiger partial charge in [-0.2, -0.15) is 0 Å². The summed E-state index contributed by atoms with van der Waals surface area (Å²) in [7, 11) is -0.451. The van der Waals surface area contributed by atoms with Crippen LogP contribution in [0.25, 0.3) is 0 Å². The van der Waals surface area contributed by atoms with Crippen molar-refractivity contribution in [2.75, 3.05) is 21.3 Å². The highest BCUT2D eigenvalue weighted by Gasteiger charge is 2.52. The molecule has 0 atom stereocenters. The van der Waals surface area contributed by atoms with Gasteiger partial charge in [-0.1, -0.05) is 0 Å². The molecule has 1 aliphatic heterocycles. The van der Waals surface area contributed by atoms with Crippen LogP contribution in [0, 0.1) is 0 Å². The maximum atomic E-state index is 12.8. The minimum atomic E-state index is -3.56. The molecule has 0 radical (unpaired) electrons. The molecule has 7 nitrogen and oxygen atoms in total. The molecule has 0 aliphatic carbocycles. The van der Waals surface area contributed by atoms with Crippen molar-refractivity contribution in [3.05, 3.63) is 23.8 Å². The number of hydrogen-bond donors (Lipinski definition) is 0. The molecule has 1 aromatic rings. The second-order valence-corrected chi connectivity index (χ2v) is 9.00. The molecule has 0 aromatic heterocycles. The molecular weight excluding hydrogens is 346 g/mol. The Hall–Kier alpha value is -1.18. The summed E-state index contributed by atoms with van der Waals surface area (Å²) in [6.07, 6.45) is 0. The number of rotatable bonds is 5. The molecule has 138 valence electrons. The average Bonchev–Trinajstić information content (AvgIpc) is 2.80. The quantitative estimate of drug-likeness (QED) is 0.445. The lowest BCUT2D eigenvalue weighted by Gasteiger charge is -2.32. The van der Waals surface area contributed by atoms with Gasteiger partial charge in [-0.25, -0.2) is 4.79 Å². The van der Waals surface area contributed by atoms with Gasteiger partial charge >= 0.3 is 20.7 Å². The first kappa shape index (κ1) is 20.1. The van der Waals surface area contributed by atoms with Crippen molar-refractivity contribution >= 4 is 31.5 Å². The summed E-state index contributed by atoms with van der Waals surface area (Å²) in [6.45, 7) is 7.70. The highest BCUT2D eigenvalue weighted by molar-refractivity contribution is 7.62. The van der Waals surface area contributed by atoms with Gasteiger partial charge in [-0.15, -0.1) is 0 Å². The lowest BCUT2D eigenvalue weighted by atomic mass is 9.78. The zero-order chi connectivity index (χ0) is 19.0. The van der Waals surface area contributed by atoms with Gasteiger partial charge in [0.05, 0.1) is 29.2 Å². The summed E-state index contributed by atoms with van der Waals surface area (Å²) in [6, 6.07) is 4.61. The van der Waals surface area contributed by atoms with Crippen LogP contribution in [0.2, 0.25) is 0 Å². The molecule has 9 heteroatoms. The maximum absolute atomic E-state index is 12.8. The topological polar surface area (TPSA) is 80.3 Å². The number of carbonyl (C=O) groups excluding carboxylic acids is 1. The number of benzene rings is 1. The molecule has 25 heavy (non-hydrogen) atoms. The van der Waals surface area contributed by atoms with E-state index in [1.165, 1.54) is 27.4 Å². The van der Waals surface area contributed by atoms with Crippen LogP contribution in [0.1, 0.15) is 38.1 Å². The SMILES string of the molecule is COC(=O)c1cc(B2OC(C)(C)C(C)(C)O2)cc(P(=O)(OC)OC)c1. The summed E-state index contributed by atoms with van der Waals surface area (Å²) in [5.74, 6) is -0.571. The van der Waals surface area contributed by atoms with E-state index in [0.717, 1.165) is 0 Å². The molecule has 1 aromatic carbocycles. The Balaban J connectivity index is 2.55. The molecule has 2 rings (SSSR count). The summed E-state index contributed by atoms with van der Waals surface area (Å²) < 4.78 is 39.6. The van der Waals surface area contributed by atoms with Gasteiger partial charge in [-0.3, -0.25) is 4.57 Å². The zero-order valence-corrected chi connectivity index (χ0v) is 16.5. The van der Waals surface area contributed by atoms with E-state index in [2.05, 4.69) is 0 Å². The summed E-state index contributed by atoms with van der Waals surface area (Å²) in [5.41, 5.74) is -0.360. The predicted octanol–water partition coefficient (Wildman–Crippen LogP) is 1.88. The maximum Gasteiger partial charge on any atom is 0.494 e. The highest BCUT2D eigenvalue weighted by atomic mass is 31.2. The van der Waals surface area contributed by atoms with Gasteiger partial charge < -0.3 is 23.1 Å². The van der Waals surface area contributed by atoms with E-state index in [1.54, 1.807) is 12.1 Å². The third-order valence-corrected chi connectivity index (χ3v) is 6.54. The molecule has 0 unspecified atom stereocenters. The Morgan fingerprint density at radius 2 is 1.52 bits per heavy atom. The number of methoxy groups -OCH3 is 1. The van der Waals surface area contributed by atoms with Crippen molar-refractivity contribution < 1.29 is 32.5 Å². The molecule has 1 heterocycles. The van der Waals surface area contributed by atoms with Crippen molar-refractivity contribution in [3.63, 3.8) is 0 Å². The summed E-state index contributed by atoms with van der Waals surface area (Å²) in [5, 5.41) is 0.227. The first-order valence-electron chi connectivity index (χ1n) is 7.80. The molecule has 0 amide bonds. The van der Waals surface area contributed by atoms with Gasteiger partial charge in [0.25, 0.3) is 0 Å². The van der Waals surface area contributed by atoms with Crippen LogP contribution in [-0.4, -0.2) is 45.6 Å². The van der Waals surface area contributed by atoms with E-state index in [0.29, 0.717) is 5.46 Å². The fraction of sp³-hybridized carbons (Fsp3) is 0.562. The lowest BCUT2D eigenvalue weighted by molar-refractivity contribution is 0.00578. The Kier molecular flexibility index (Phi) is 5.52. The number of hydrogen-bond acceptors (Lipinski definition) is 7. The van der Waals surface area contributed by atoms with E-state index in [1.807, 2.05) is 27.7 Å². The Morgan fingerprint density at radius 3 is 1.96 bits per heavy atom. The average molecular weight is 370 g/mol. The molecule has 0 saturated carbocycles. The summed E-state index contributed by atoms with van der Waals surface area (Å²) in [4.78, 5) is 12.0. The third kappa shape index (κ3) is 3.69. The van der Waals surface area contributed by atoms with Crippen LogP contribution in [0.3, 0.4) is 0 Å². The van der Waals surface area contributed by atoms with Gasteiger partial charge in [0.1, 0.15) is 0 Å². The largest absolute Gasteiger partial charge is 0.494 e. The van der Waals surface area contributed by atoms with E-state index in [4.69, 9.17) is 23.1 Å². The Morgan fingerprint density at radius 1 is 1.00 bits per heavy atom. The van der Waals surface area contributed by atoms with Crippen LogP contribution in [-0.2, 0) is 27.7 Å². The second-order valence-electron chi connectivity index (χ2n) is 6.76. The van der Waals surface area contributed by atoms with E-state index in [-0.39, 0.29) is 10.9 Å². The number of ether oxygens (including phenoxy) is 1. The normalized spacial score (nSPS) is 19.1. The molecule has 1 fully saturated rings. The first-order chi connectivity index (χ1) is 11.5. The summed E-state index contributed by atoms with van der Waals surface area (Å²) >= 11 is 0. The van der Waals surface area contributed by atoms with Crippen LogP contribution >= 0.6 is 7.60 Å². The van der Waals surface area contributed by atoms with Gasteiger partial charge in [0.2, 0.25) is 0 Å². The fourth-order valence-electron chi connectivity index (χ4n) is 2.43. The van der Waals surface area contributed by atoms with Crippen LogP contribution in [0.4, 0.5) is 0 Å². The van der Waals surface area contributed by atoms with Crippen molar-refractivity contribution in [3.8, 4) is 0 Å². The predicted molar refractivity (Wildman–Crippen MR) is 94.8 cm³/mol. The van der Waals surface area contributed by atoms with E-state index in [9.17, 15) is 9.36 Å². The van der Waals surface area contributed by atoms with E-state index >= 15 is 0 Å². The highest BCUT2D eigenvalue weighted by Crippen LogP contribution is 2.45. The number of esters is 1. The first-order valence-corrected chi connectivity index (χ1v) is 9.35. The van der Waals surface area contributed by atoms with Crippen molar-refractivity contribution in [1.82, 2.24) is 0 Å². The molecule has 0 N–H and O–H groups in total. The second kappa shape index (κ2) is 6.85. The fourth-order valence-corrected chi connectivity index (χ4v) is 3.60. The smallest absolute Gasteiger partial charge is 0.465 e. The standard InChI is InChI=1S/C16H24BO7P/c1-15(2)16(3,4)24-17(23-15)12-8-11(14(18)20-5)9-13(10-12)25(19,21-6)22-7/h8-10H,1-7H3. The van der Waals surface area contributed by atoms with Crippen molar-refractivity contribution in [2.24, 2.45) is 0 Å². The molecular formula is C16H24BO7P. The monoisotopic (exact) mass is 370 g/mol. The molecule has 1 saturated heterocycles. The molecule has 1 aliphatic rings. The van der Waals surface area contributed by atoms with Gasteiger partial charge in [0.15, 0.2) is 0 Å². The van der Waals surface area contributed by atoms with Crippen molar-refractivity contribution in [2.45, 2.75) is 38.9 Å². The Labute approximate surface area is 148 Å². The van der Waals surface area contributed by atoms with Gasteiger partial charge in [-0.05, 0) is 51.4 Å². The zero-order valence-electron chi connectivity index (χ0n) is 15.6. The van der Waals surface area contributed by atoms with Crippen LogP contribution < -0.4 is 10.8 Å².